The molecule has 0 saturated heterocycles. The minimum absolute atomic E-state index is 0.297. The van der Waals surface area contributed by atoms with E-state index in [-0.39, 0.29) is 11.7 Å². The van der Waals surface area contributed by atoms with Crippen LogP contribution in [0.25, 0.3) is 22.6 Å². The number of benzene rings is 3. The Labute approximate surface area is 142 Å². The molecule has 0 aliphatic rings. The summed E-state index contributed by atoms with van der Waals surface area (Å²) < 4.78 is 18.6. The number of aromatic nitrogens is 1. The van der Waals surface area contributed by atoms with Gasteiger partial charge in [0.1, 0.15) is 11.3 Å². The summed E-state index contributed by atoms with van der Waals surface area (Å²) in [7, 11) is 0. The number of oxazole rings is 1. The molecular weight excluding hydrogens is 319 g/mol. The molecule has 0 aliphatic heterocycles. The number of fused-ring (bicyclic) bond motifs is 1. The zero-order valence-electron chi connectivity index (χ0n) is 13.1. The number of para-hydroxylation sites is 2. The lowest BCUT2D eigenvalue weighted by atomic mass is 10.2. The summed E-state index contributed by atoms with van der Waals surface area (Å²) in [5.74, 6) is -0.147. The van der Waals surface area contributed by atoms with E-state index in [0.29, 0.717) is 17.1 Å². The van der Waals surface area contributed by atoms with Gasteiger partial charge in [-0.1, -0.05) is 12.1 Å². The molecule has 25 heavy (non-hydrogen) atoms. The quantitative estimate of drug-likeness (QED) is 0.581. The molecule has 0 spiro atoms. The third-order valence-corrected chi connectivity index (χ3v) is 3.79. The molecular formula is C20H13FN2O2. The predicted molar refractivity (Wildman–Crippen MR) is 93.8 cm³/mol. The Balaban J connectivity index is 1.53. The van der Waals surface area contributed by atoms with Crippen LogP contribution in [0.5, 0.6) is 0 Å². The summed E-state index contributed by atoms with van der Waals surface area (Å²) in [5.41, 5.74) is 3.37. The summed E-state index contributed by atoms with van der Waals surface area (Å²) in [4.78, 5) is 16.6. The molecule has 0 aliphatic carbocycles. The number of hydrogen-bond donors (Lipinski definition) is 1. The predicted octanol–water partition coefficient (Wildman–Crippen LogP) is 4.89. The lowest BCUT2D eigenvalue weighted by Gasteiger charge is -2.05. The number of anilines is 1. The number of amides is 1. The van der Waals surface area contributed by atoms with Crippen LogP contribution in [0.2, 0.25) is 0 Å². The Morgan fingerprint density at radius 2 is 1.64 bits per heavy atom. The van der Waals surface area contributed by atoms with Gasteiger partial charge in [-0.2, -0.15) is 0 Å². The van der Waals surface area contributed by atoms with Crippen LogP contribution in [0.15, 0.2) is 77.2 Å². The van der Waals surface area contributed by atoms with Gasteiger partial charge in [-0.05, 0) is 60.7 Å². The van der Waals surface area contributed by atoms with E-state index in [0.717, 1.165) is 16.7 Å². The van der Waals surface area contributed by atoms with Crippen LogP contribution < -0.4 is 5.32 Å². The number of carbonyl (C=O) groups is 1. The van der Waals surface area contributed by atoms with E-state index < -0.39 is 0 Å². The van der Waals surface area contributed by atoms with Crippen LogP contribution in [0.1, 0.15) is 10.4 Å². The van der Waals surface area contributed by atoms with E-state index in [1.807, 2.05) is 36.4 Å². The normalized spacial score (nSPS) is 10.8. The highest BCUT2D eigenvalue weighted by Gasteiger charge is 2.09. The molecule has 4 rings (SSSR count). The van der Waals surface area contributed by atoms with E-state index in [1.165, 1.54) is 24.3 Å². The highest BCUT2D eigenvalue weighted by molar-refractivity contribution is 6.04. The van der Waals surface area contributed by atoms with Crippen molar-refractivity contribution in [2.45, 2.75) is 0 Å². The molecule has 5 heteroatoms. The average Bonchev–Trinajstić information content (AvgIpc) is 3.07. The topological polar surface area (TPSA) is 55.1 Å². The largest absolute Gasteiger partial charge is 0.436 e. The van der Waals surface area contributed by atoms with Gasteiger partial charge in [0.05, 0.1) is 0 Å². The van der Waals surface area contributed by atoms with Crippen molar-refractivity contribution in [3.63, 3.8) is 0 Å². The first-order valence-electron chi connectivity index (χ1n) is 7.72. The monoisotopic (exact) mass is 332 g/mol. The third kappa shape index (κ3) is 3.12. The first-order valence-corrected chi connectivity index (χ1v) is 7.72. The summed E-state index contributed by atoms with van der Waals surface area (Å²) >= 11 is 0. The Bertz CT molecular complexity index is 1000. The maximum Gasteiger partial charge on any atom is 0.255 e. The Hall–Kier alpha value is -3.47. The Morgan fingerprint density at radius 1 is 0.920 bits per heavy atom. The van der Waals surface area contributed by atoms with Gasteiger partial charge in [-0.25, -0.2) is 9.37 Å². The number of carbonyl (C=O) groups excluding carboxylic acids is 1. The number of nitrogens with one attached hydrogen (secondary N) is 1. The van der Waals surface area contributed by atoms with Gasteiger partial charge in [0, 0.05) is 16.8 Å². The van der Waals surface area contributed by atoms with Gasteiger partial charge >= 0.3 is 0 Å². The molecule has 0 radical (unpaired) electrons. The van der Waals surface area contributed by atoms with Gasteiger partial charge in [0.15, 0.2) is 5.58 Å². The number of nitrogens with zero attached hydrogens (tertiary/aromatic N) is 1. The second-order valence-corrected chi connectivity index (χ2v) is 5.53. The molecule has 0 fully saturated rings. The molecule has 1 amide bonds. The van der Waals surface area contributed by atoms with E-state index in [4.69, 9.17) is 4.42 Å². The summed E-state index contributed by atoms with van der Waals surface area (Å²) in [6.07, 6.45) is 0. The van der Waals surface area contributed by atoms with Crippen molar-refractivity contribution in [2.24, 2.45) is 0 Å². The lowest BCUT2D eigenvalue weighted by molar-refractivity contribution is 0.102. The molecule has 122 valence electrons. The molecule has 0 saturated carbocycles. The van der Waals surface area contributed by atoms with Gasteiger partial charge in [-0.15, -0.1) is 0 Å². The Kier molecular flexibility index (Phi) is 3.74. The maximum atomic E-state index is 12.9. The van der Waals surface area contributed by atoms with Gasteiger partial charge in [0.25, 0.3) is 5.91 Å². The second kappa shape index (κ2) is 6.20. The van der Waals surface area contributed by atoms with Crippen LogP contribution in [0, 0.1) is 5.82 Å². The van der Waals surface area contributed by atoms with Crippen molar-refractivity contribution >= 4 is 22.7 Å². The standard InChI is InChI=1S/C20H13FN2O2/c21-15-9-5-13(6-10-15)19(24)22-16-11-7-14(8-12-16)20-23-17-3-1-2-4-18(17)25-20/h1-12H,(H,22,24). The minimum atomic E-state index is -0.376. The highest BCUT2D eigenvalue weighted by atomic mass is 19.1. The van der Waals surface area contributed by atoms with Crippen LogP contribution in [-0.2, 0) is 0 Å². The first-order chi connectivity index (χ1) is 12.2. The molecule has 0 atom stereocenters. The van der Waals surface area contributed by atoms with Crippen molar-refractivity contribution < 1.29 is 13.6 Å². The zero-order chi connectivity index (χ0) is 17.2. The second-order valence-electron chi connectivity index (χ2n) is 5.53. The van der Waals surface area contributed by atoms with Gasteiger partial charge < -0.3 is 9.73 Å². The van der Waals surface area contributed by atoms with Crippen LogP contribution in [-0.4, -0.2) is 10.9 Å². The molecule has 0 unspecified atom stereocenters. The number of rotatable bonds is 3. The molecule has 1 N–H and O–H groups in total. The average molecular weight is 332 g/mol. The van der Waals surface area contributed by atoms with E-state index in [9.17, 15) is 9.18 Å². The minimum Gasteiger partial charge on any atom is -0.436 e. The fourth-order valence-electron chi connectivity index (χ4n) is 2.50. The number of hydrogen-bond acceptors (Lipinski definition) is 3. The smallest absolute Gasteiger partial charge is 0.255 e. The van der Waals surface area contributed by atoms with Crippen molar-refractivity contribution in [1.82, 2.24) is 4.98 Å². The maximum absolute atomic E-state index is 12.9. The molecule has 0 bridgehead atoms. The third-order valence-electron chi connectivity index (χ3n) is 3.79. The fraction of sp³-hybridized carbons (Fsp3) is 0. The fourth-order valence-corrected chi connectivity index (χ4v) is 2.50. The number of halogens is 1. The summed E-state index contributed by atoms with van der Waals surface area (Å²) in [6.45, 7) is 0. The molecule has 4 nitrogen and oxygen atoms in total. The first kappa shape index (κ1) is 15.1. The molecule has 3 aromatic carbocycles. The summed E-state index contributed by atoms with van der Waals surface area (Å²) in [6, 6.07) is 20.1. The van der Waals surface area contributed by atoms with Crippen molar-refractivity contribution in [1.29, 1.82) is 0 Å². The van der Waals surface area contributed by atoms with Crippen molar-refractivity contribution in [2.75, 3.05) is 5.32 Å². The van der Waals surface area contributed by atoms with Crippen molar-refractivity contribution in [3.05, 3.63) is 84.2 Å². The van der Waals surface area contributed by atoms with Gasteiger partial charge in [-0.3, -0.25) is 4.79 Å². The van der Waals surface area contributed by atoms with Crippen LogP contribution >= 0.6 is 0 Å². The van der Waals surface area contributed by atoms with E-state index in [1.54, 1.807) is 12.1 Å². The molecule has 1 heterocycles. The van der Waals surface area contributed by atoms with Crippen LogP contribution in [0.3, 0.4) is 0 Å². The molecule has 4 aromatic rings. The highest BCUT2D eigenvalue weighted by Crippen LogP contribution is 2.25. The summed E-state index contributed by atoms with van der Waals surface area (Å²) in [5, 5.41) is 2.77. The zero-order valence-corrected chi connectivity index (χ0v) is 13.1. The van der Waals surface area contributed by atoms with Gasteiger partial charge in [0.2, 0.25) is 5.89 Å². The van der Waals surface area contributed by atoms with Crippen molar-refractivity contribution in [3.8, 4) is 11.5 Å². The molecule has 1 aromatic heterocycles. The van der Waals surface area contributed by atoms with E-state index in [2.05, 4.69) is 10.3 Å². The Morgan fingerprint density at radius 3 is 2.36 bits per heavy atom. The van der Waals surface area contributed by atoms with E-state index >= 15 is 0 Å². The lowest BCUT2D eigenvalue weighted by Crippen LogP contribution is -2.11. The SMILES string of the molecule is O=C(Nc1ccc(-c2nc3ccccc3o2)cc1)c1ccc(F)cc1. The van der Waals surface area contributed by atoms with Crippen LogP contribution in [0.4, 0.5) is 10.1 Å².